The Morgan fingerprint density at radius 1 is 1.56 bits per heavy atom. The highest BCUT2D eigenvalue weighted by Crippen LogP contribution is 2.34. The van der Waals surface area contributed by atoms with E-state index >= 15 is 0 Å². The van der Waals surface area contributed by atoms with Gasteiger partial charge < -0.3 is 14.5 Å². The summed E-state index contributed by atoms with van der Waals surface area (Å²) in [5.41, 5.74) is 0. The van der Waals surface area contributed by atoms with E-state index in [4.69, 9.17) is 4.42 Å². The van der Waals surface area contributed by atoms with Gasteiger partial charge in [-0.15, -0.1) is 0 Å². The third-order valence-corrected chi connectivity index (χ3v) is 3.34. The molecule has 1 aliphatic rings. The number of hydrogen-bond acceptors (Lipinski definition) is 4. The van der Waals surface area contributed by atoms with Crippen LogP contribution in [0.4, 0.5) is 0 Å². The van der Waals surface area contributed by atoms with Crippen LogP contribution in [0.3, 0.4) is 0 Å². The number of halogens is 1. The molecule has 1 atom stereocenters. The Morgan fingerprint density at radius 3 is 2.78 bits per heavy atom. The first-order valence-corrected chi connectivity index (χ1v) is 6.52. The monoisotopic (exact) mass is 315 g/mol. The fourth-order valence-electron chi connectivity index (χ4n) is 1.77. The predicted molar refractivity (Wildman–Crippen MR) is 67.0 cm³/mol. The van der Waals surface area contributed by atoms with E-state index < -0.39 is 0 Å². The van der Waals surface area contributed by atoms with Gasteiger partial charge in [0, 0.05) is 6.04 Å². The first-order chi connectivity index (χ1) is 8.60. The lowest BCUT2D eigenvalue weighted by atomic mass is 10.1. The fraction of sp³-hybridized carbons (Fsp3) is 0.500. The van der Waals surface area contributed by atoms with E-state index in [0.717, 1.165) is 12.8 Å². The summed E-state index contributed by atoms with van der Waals surface area (Å²) >= 11 is 3.14. The van der Waals surface area contributed by atoms with Gasteiger partial charge in [-0.25, -0.2) is 0 Å². The number of nitrogens with one attached hydrogen (secondary N) is 1. The van der Waals surface area contributed by atoms with Crippen molar-refractivity contribution in [2.45, 2.75) is 25.3 Å². The number of carbonyl (C=O) groups excluding carboxylic acids is 2. The number of esters is 1. The summed E-state index contributed by atoms with van der Waals surface area (Å²) < 4.78 is 10.3. The van der Waals surface area contributed by atoms with Crippen LogP contribution >= 0.6 is 15.9 Å². The molecule has 0 radical (unpaired) electrons. The highest BCUT2D eigenvalue weighted by Gasteiger charge is 2.34. The molecule has 0 unspecified atom stereocenters. The molecule has 0 bridgehead atoms. The predicted octanol–water partition coefficient (Wildman–Crippen LogP) is 2.11. The molecule has 0 aromatic carbocycles. The minimum absolute atomic E-state index is 0.172. The molecule has 0 spiro atoms. The zero-order valence-electron chi connectivity index (χ0n) is 9.94. The van der Waals surface area contributed by atoms with Gasteiger partial charge in [-0.05, 0) is 46.8 Å². The summed E-state index contributed by atoms with van der Waals surface area (Å²) in [5, 5.41) is 2.82. The van der Waals surface area contributed by atoms with Gasteiger partial charge >= 0.3 is 5.97 Å². The van der Waals surface area contributed by atoms with E-state index in [1.54, 1.807) is 12.1 Å². The highest BCUT2D eigenvalue weighted by atomic mass is 79.9. The standard InChI is InChI=1S/C12H14BrNO4/c1-17-11(15)6-8(7-2-3-7)14-12(16)9-4-5-10(13)18-9/h4-5,7-8H,2-3,6H2,1H3,(H,14,16)/t8-/m1/s1. The number of methoxy groups -OCH3 is 1. The van der Waals surface area contributed by atoms with Crippen molar-refractivity contribution in [3.63, 3.8) is 0 Å². The number of carbonyl (C=O) groups is 2. The number of furan rings is 1. The maximum atomic E-state index is 11.9. The molecule has 1 aliphatic carbocycles. The van der Waals surface area contributed by atoms with Crippen molar-refractivity contribution in [1.82, 2.24) is 5.32 Å². The van der Waals surface area contributed by atoms with Gasteiger partial charge in [-0.1, -0.05) is 0 Å². The first-order valence-electron chi connectivity index (χ1n) is 5.73. The number of hydrogen-bond donors (Lipinski definition) is 1. The third-order valence-electron chi connectivity index (χ3n) is 2.92. The Labute approximate surface area is 113 Å². The zero-order valence-corrected chi connectivity index (χ0v) is 11.5. The molecule has 18 heavy (non-hydrogen) atoms. The summed E-state index contributed by atoms with van der Waals surface area (Å²) in [6, 6.07) is 3.07. The second-order valence-corrected chi connectivity index (χ2v) is 5.08. The van der Waals surface area contributed by atoms with Crippen LogP contribution in [0.15, 0.2) is 21.2 Å². The quantitative estimate of drug-likeness (QED) is 0.845. The summed E-state index contributed by atoms with van der Waals surface area (Å²) in [7, 11) is 1.34. The summed E-state index contributed by atoms with van der Waals surface area (Å²) in [5.74, 6) is -0.0156. The lowest BCUT2D eigenvalue weighted by Crippen LogP contribution is -2.38. The maximum absolute atomic E-state index is 11.9. The molecule has 5 nitrogen and oxygen atoms in total. The lowest BCUT2D eigenvalue weighted by molar-refractivity contribution is -0.141. The largest absolute Gasteiger partial charge is 0.469 e. The second-order valence-electron chi connectivity index (χ2n) is 4.30. The van der Waals surface area contributed by atoms with Crippen molar-refractivity contribution in [2.24, 2.45) is 5.92 Å². The number of ether oxygens (including phenoxy) is 1. The van der Waals surface area contributed by atoms with Crippen molar-refractivity contribution in [3.8, 4) is 0 Å². The van der Waals surface area contributed by atoms with Crippen LogP contribution in [0.25, 0.3) is 0 Å². The molecule has 1 aromatic heterocycles. The van der Waals surface area contributed by atoms with Gasteiger partial charge in [0.15, 0.2) is 10.4 Å². The van der Waals surface area contributed by atoms with E-state index in [1.807, 2.05) is 0 Å². The average molecular weight is 316 g/mol. The Morgan fingerprint density at radius 2 is 2.28 bits per heavy atom. The van der Waals surface area contributed by atoms with Gasteiger partial charge in [-0.3, -0.25) is 9.59 Å². The molecule has 1 fully saturated rings. The molecule has 1 amide bonds. The Balaban J connectivity index is 1.96. The van der Waals surface area contributed by atoms with Crippen LogP contribution in [-0.2, 0) is 9.53 Å². The third kappa shape index (κ3) is 3.35. The molecule has 1 aromatic rings. The van der Waals surface area contributed by atoms with Crippen LogP contribution in [0, 0.1) is 5.92 Å². The molecule has 0 aliphatic heterocycles. The van der Waals surface area contributed by atoms with Crippen LogP contribution in [0.1, 0.15) is 29.8 Å². The van der Waals surface area contributed by atoms with Crippen LogP contribution in [0.5, 0.6) is 0 Å². The van der Waals surface area contributed by atoms with E-state index in [9.17, 15) is 9.59 Å². The normalized spacial score (nSPS) is 16.1. The molecule has 1 saturated carbocycles. The minimum Gasteiger partial charge on any atom is -0.469 e. The SMILES string of the molecule is COC(=O)C[C@@H](NC(=O)c1ccc(Br)o1)C1CC1. The van der Waals surface area contributed by atoms with Crippen LogP contribution in [0.2, 0.25) is 0 Å². The van der Waals surface area contributed by atoms with E-state index in [1.165, 1.54) is 7.11 Å². The van der Waals surface area contributed by atoms with Crippen molar-refractivity contribution >= 4 is 27.8 Å². The molecule has 98 valence electrons. The van der Waals surface area contributed by atoms with Crippen molar-refractivity contribution < 1.29 is 18.7 Å². The van der Waals surface area contributed by atoms with Gasteiger partial charge in [0.2, 0.25) is 0 Å². The molecule has 6 heteroatoms. The van der Waals surface area contributed by atoms with E-state index in [-0.39, 0.29) is 30.1 Å². The number of amides is 1. The molecule has 0 saturated heterocycles. The molecular formula is C12H14BrNO4. The van der Waals surface area contributed by atoms with Gasteiger partial charge in [0.05, 0.1) is 13.5 Å². The highest BCUT2D eigenvalue weighted by molar-refractivity contribution is 9.10. The summed E-state index contributed by atoms with van der Waals surface area (Å²) in [6.45, 7) is 0. The summed E-state index contributed by atoms with van der Waals surface area (Å²) in [4.78, 5) is 23.2. The van der Waals surface area contributed by atoms with E-state index in [0.29, 0.717) is 10.6 Å². The average Bonchev–Trinajstić information content (AvgIpc) is 3.10. The fourth-order valence-corrected chi connectivity index (χ4v) is 2.08. The molecule has 2 rings (SSSR count). The van der Waals surface area contributed by atoms with Crippen LogP contribution < -0.4 is 5.32 Å². The minimum atomic E-state index is -0.312. The first kappa shape index (κ1) is 13.1. The number of rotatable bonds is 5. The molecular weight excluding hydrogens is 302 g/mol. The second kappa shape index (κ2) is 5.56. The zero-order chi connectivity index (χ0) is 13.1. The van der Waals surface area contributed by atoms with Crippen LogP contribution in [-0.4, -0.2) is 25.0 Å². The lowest BCUT2D eigenvalue weighted by Gasteiger charge is -2.16. The smallest absolute Gasteiger partial charge is 0.307 e. The topological polar surface area (TPSA) is 68.5 Å². The summed E-state index contributed by atoms with van der Waals surface area (Å²) in [6.07, 6.45) is 2.27. The van der Waals surface area contributed by atoms with Crippen molar-refractivity contribution in [1.29, 1.82) is 0 Å². The Hall–Kier alpha value is -1.30. The van der Waals surface area contributed by atoms with Gasteiger partial charge in [-0.2, -0.15) is 0 Å². The maximum Gasteiger partial charge on any atom is 0.307 e. The van der Waals surface area contributed by atoms with E-state index in [2.05, 4.69) is 26.0 Å². The van der Waals surface area contributed by atoms with Crippen molar-refractivity contribution in [3.05, 3.63) is 22.6 Å². The Bertz CT molecular complexity index is 453. The van der Waals surface area contributed by atoms with Crippen molar-refractivity contribution in [2.75, 3.05) is 7.11 Å². The molecule has 1 N–H and O–H groups in total. The molecule has 1 heterocycles. The Kier molecular flexibility index (Phi) is 4.06. The van der Waals surface area contributed by atoms with Gasteiger partial charge in [0.1, 0.15) is 0 Å². The van der Waals surface area contributed by atoms with Gasteiger partial charge in [0.25, 0.3) is 5.91 Å².